The normalized spacial score (nSPS) is 30.7. The minimum atomic E-state index is -0.280. The Morgan fingerprint density at radius 1 is 1.12 bits per heavy atom. The van der Waals surface area contributed by atoms with Crippen LogP contribution in [0.25, 0.3) is 0 Å². The van der Waals surface area contributed by atoms with E-state index in [9.17, 15) is 9.59 Å². The molecule has 5 nitrogen and oxygen atoms in total. The molecule has 0 unspecified atom stereocenters. The zero-order valence-electron chi connectivity index (χ0n) is 14.7. The van der Waals surface area contributed by atoms with Crippen LogP contribution >= 0.6 is 0 Å². The summed E-state index contributed by atoms with van der Waals surface area (Å²) in [4.78, 5) is 26.5. The lowest BCUT2D eigenvalue weighted by Gasteiger charge is -2.33. The molecule has 1 saturated carbocycles. The van der Waals surface area contributed by atoms with Gasteiger partial charge in [0, 0.05) is 5.92 Å². The van der Waals surface area contributed by atoms with Crippen LogP contribution in [0.3, 0.4) is 0 Å². The maximum absolute atomic E-state index is 12.8. The van der Waals surface area contributed by atoms with Gasteiger partial charge < -0.3 is 10.1 Å². The lowest BCUT2D eigenvalue weighted by atomic mass is 9.78. The van der Waals surface area contributed by atoms with Crippen molar-refractivity contribution in [3.8, 4) is 5.75 Å². The minimum Gasteiger partial charge on any atom is -0.497 e. The second-order valence-corrected chi connectivity index (χ2v) is 7.20. The van der Waals surface area contributed by atoms with Gasteiger partial charge in [0.15, 0.2) is 6.04 Å². The average molecular weight is 331 g/mol. The molecule has 2 N–H and O–H groups in total. The molecular weight excluding hydrogens is 304 g/mol. The number of quaternary nitrogens is 1. The molecule has 1 aromatic carbocycles. The summed E-state index contributed by atoms with van der Waals surface area (Å²) >= 11 is 0. The Morgan fingerprint density at radius 3 is 2.50 bits per heavy atom. The summed E-state index contributed by atoms with van der Waals surface area (Å²) < 4.78 is 5.13. The molecule has 24 heavy (non-hydrogen) atoms. The number of carbonyl (C=O) groups excluding carboxylic acids is 2. The first-order valence-electron chi connectivity index (χ1n) is 8.87. The monoisotopic (exact) mass is 331 g/mol. The molecule has 4 atom stereocenters. The van der Waals surface area contributed by atoms with E-state index in [1.165, 1.54) is 17.7 Å². The number of nitrogens with zero attached hydrogens (tertiary/aromatic N) is 1. The summed E-state index contributed by atoms with van der Waals surface area (Å²) in [7, 11) is 1.60. The topological polar surface area (TPSA) is 63.2 Å². The SMILES string of the molecule is COc1ccc(N2C(=O)C[C@@H]([NH2+][C@@H]3CCC[C@@H](C)[C@H]3C)C2=O)cc1. The molecular formula is C19H27N2O3+. The number of ether oxygens (including phenoxy) is 1. The largest absolute Gasteiger partial charge is 0.497 e. The van der Waals surface area contributed by atoms with Crippen molar-refractivity contribution in [3.63, 3.8) is 0 Å². The van der Waals surface area contributed by atoms with E-state index < -0.39 is 0 Å². The van der Waals surface area contributed by atoms with Gasteiger partial charge in [0.2, 0.25) is 5.91 Å². The molecule has 0 radical (unpaired) electrons. The summed E-state index contributed by atoms with van der Waals surface area (Å²) in [5, 5.41) is 2.16. The number of nitrogens with two attached hydrogens (primary N) is 1. The van der Waals surface area contributed by atoms with Crippen LogP contribution < -0.4 is 15.0 Å². The van der Waals surface area contributed by atoms with Crippen LogP contribution in [0.5, 0.6) is 5.75 Å². The standard InChI is InChI=1S/C19H26N2O3/c1-12-5-4-6-16(13(12)2)20-17-11-18(22)21(19(17)23)14-7-9-15(24-3)10-8-14/h7-10,12-13,16-17,20H,4-6,11H2,1-3H3/p+1/t12-,13-,16-,17-/m1/s1. The number of hydrogen-bond acceptors (Lipinski definition) is 3. The van der Waals surface area contributed by atoms with Crippen LogP contribution in [0, 0.1) is 11.8 Å². The summed E-state index contributed by atoms with van der Waals surface area (Å²) in [6.07, 6.45) is 3.90. The summed E-state index contributed by atoms with van der Waals surface area (Å²) in [5.41, 5.74) is 0.631. The van der Waals surface area contributed by atoms with Crippen LogP contribution in [0.1, 0.15) is 39.5 Å². The Balaban J connectivity index is 1.71. The number of methoxy groups -OCH3 is 1. The number of carbonyl (C=O) groups is 2. The smallest absolute Gasteiger partial charge is 0.292 e. The first-order valence-corrected chi connectivity index (χ1v) is 8.87. The van der Waals surface area contributed by atoms with E-state index in [-0.39, 0.29) is 17.9 Å². The summed E-state index contributed by atoms with van der Waals surface area (Å²) in [5.74, 6) is 1.78. The highest BCUT2D eigenvalue weighted by Gasteiger charge is 2.44. The van der Waals surface area contributed by atoms with Gasteiger partial charge in [0.1, 0.15) is 5.75 Å². The van der Waals surface area contributed by atoms with E-state index in [4.69, 9.17) is 4.74 Å². The van der Waals surface area contributed by atoms with Gasteiger partial charge in [-0.2, -0.15) is 0 Å². The number of benzene rings is 1. The highest BCUT2D eigenvalue weighted by Crippen LogP contribution is 2.29. The Labute approximate surface area is 143 Å². The number of rotatable bonds is 4. The van der Waals surface area contributed by atoms with Gasteiger partial charge in [-0.05, 0) is 49.4 Å². The van der Waals surface area contributed by atoms with E-state index in [1.54, 1.807) is 31.4 Å². The highest BCUT2D eigenvalue weighted by atomic mass is 16.5. The van der Waals surface area contributed by atoms with Crippen molar-refractivity contribution in [2.75, 3.05) is 12.0 Å². The molecule has 1 aliphatic heterocycles. The predicted octanol–water partition coefficient (Wildman–Crippen LogP) is 1.72. The number of amides is 2. The summed E-state index contributed by atoms with van der Waals surface area (Å²) in [6, 6.07) is 7.24. The molecule has 1 aliphatic carbocycles. The lowest BCUT2D eigenvalue weighted by molar-refractivity contribution is -0.716. The Hall–Kier alpha value is -1.88. The Morgan fingerprint density at radius 2 is 1.83 bits per heavy atom. The minimum absolute atomic E-state index is 0.0874. The fourth-order valence-electron chi connectivity index (χ4n) is 4.00. The second-order valence-electron chi connectivity index (χ2n) is 7.20. The third kappa shape index (κ3) is 3.18. The lowest BCUT2D eigenvalue weighted by Crippen LogP contribution is -2.97. The molecule has 1 heterocycles. The molecule has 130 valence electrons. The molecule has 0 aromatic heterocycles. The van der Waals surface area contributed by atoms with Crippen LogP contribution in [0.2, 0.25) is 0 Å². The number of anilines is 1. The van der Waals surface area contributed by atoms with Gasteiger partial charge in [-0.15, -0.1) is 0 Å². The molecule has 3 rings (SSSR count). The average Bonchev–Trinajstić information content (AvgIpc) is 2.86. The zero-order chi connectivity index (χ0) is 17.3. The van der Waals surface area contributed by atoms with Gasteiger partial charge in [0.25, 0.3) is 5.91 Å². The quantitative estimate of drug-likeness (QED) is 0.855. The van der Waals surface area contributed by atoms with Gasteiger partial charge >= 0.3 is 0 Å². The first kappa shape index (κ1) is 17.0. The zero-order valence-corrected chi connectivity index (χ0v) is 14.7. The predicted molar refractivity (Wildman–Crippen MR) is 91.8 cm³/mol. The molecule has 0 bridgehead atoms. The fourth-order valence-corrected chi connectivity index (χ4v) is 4.00. The fraction of sp³-hybridized carbons (Fsp3) is 0.579. The van der Waals surface area contributed by atoms with Gasteiger partial charge in [-0.3, -0.25) is 9.59 Å². The van der Waals surface area contributed by atoms with Crippen LogP contribution in [-0.2, 0) is 9.59 Å². The highest BCUT2D eigenvalue weighted by molar-refractivity contribution is 6.21. The maximum Gasteiger partial charge on any atom is 0.292 e. The summed E-state index contributed by atoms with van der Waals surface area (Å²) in [6.45, 7) is 4.56. The van der Waals surface area contributed by atoms with Gasteiger partial charge in [0.05, 0.1) is 25.3 Å². The van der Waals surface area contributed by atoms with Crippen LogP contribution in [-0.4, -0.2) is 31.0 Å². The van der Waals surface area contributed by atoms with Crippen molar-refractivity contribution < 1.29 is 19.6 Å². The molecule has 1 saturated heterocycles. The number of hydrogen-bond donors (Lipinski definition) is 1. The van der Waals surface area contributed by atoms with Crippen molar-refractivity contribution in [2.24, 2.45) is 11.8 Å². The molecule has 0 spiro atoms. The van der Waals surface area contributed by atoms with Crippen molar-refractivity contribution in [1.29, 1.82) is 0 Å². The molecule has 2 amide bonds. The van der Waals surface area contributed by atoms with Crippen molar-refractivity contribution >= 4 is 17.5 Å². The Bertz CT molecular complexity index is 614. The van der Waals surface area contributed by atoms with E-state index in [1.807, 2.05) is 0 Å². The van der Waals surface area contributed by atoms with E-state index in [0.29, 0.717) is 35.7 Å². The van der Waals surface area contributed by atoms with Crippen molar-refractivity contribution in [1.82, 2.24) is 0 Å². The Kier molecular flexibility index (Phi) is 4.90. The maximum atomic E-state index is 12.8. The molecule has 1 aromatic rings. The van der Waals surface area contributed by atoms with E-state index in [2.05, 4.69) is 19.2 Å². The van der Waals surface area contributed by atoms with E-state index in [0.717, 1.165) is 6.42 Å². The molecule has 2 fully saturated rings. The van der Waals surface area contributed by atoms with Gasteiger partial charge in [-0.25, -0.2) is 4.90 Å². The first-order chi connectivity index (χ1) is 11.5. The molecule has 2 aliphatic rings. The second kappa shape index (κ2) is 6.93. The third-order valence-corrected chi connectivity index (χ3v) is 5.76. The number of imide groups is 1. The van der Waals surface area contributed by atoms with Gasteiger partial charge in [-0.1, -0.05) is 13.8 Å². The van der Waals surface area contributed by atoms with Crippen molar-refractivity contribution in [3.05, 3.63) is 24.3 Å². The van der Waals surface area contributed by atoms with E-state index >= 15 is 0 Å². The van der Waals surface area contributed by atoms with Crippen molar-refractivity contribution in [2.45, 2.75) is 51.6 Å². The van der Waals surface area contributed by atoms with Crippen LogP contribution in [0.4, 0.5) is 5.69 Å². The molecule has 5 heteroatoms. The third-order valence-electron chi connectivity index (χ3n) is 5.76. The van der Waals surface area contributed by atoms with Crippen LogP contribution in [0.15, 0.2) is 24.3 Å².